The van der Waals surface area contributed by atoms with Crippen LogP contribution in [0.2, 0.25) is 0 Å². The Morgan fingerprint density at radius 2 is 1.11 bits per heavy atom. The summed E-state index contributed by atoms with van der Waals surface area (Å²) in [6.07, 6.45) is 0. The van der Waals surface area contributed by atoms with Crippen LogP contribution in [0.15, 0.2) is 54.6 Å². The zero-order valence-corrected chi connectivity index (χ0v) is 12.3. The molecule has 2 aromatic carbocycles. The number of benzene rings is 2. The van der Waals surface area contributed by atoms with Crippen molar-refractivity contribution >= 4 is 5.69 Å². The Morgan fingerprint density at radius 1 is 0.632 bits per heavy atom. The van der Waals surface area contributed by atoms with E-state index in [4.69, 9.17) is 0 Å². The third-order valence-corrected chi connectivity index (χ3v) is 4.34. The molecule has 0 amide bonds. The second kappa shape index (κ2) is 6.03. The first-order valence-electron chi connectivity index (χ1n) is 7.28. The molecule has 0 heterocycles. The van der Waals surface area contributed by atoms with Crippen molar-refractivity contribution in [2.24, 2.45) is 0 Å². The van der Waals surface area contributed by atoms with E-state index < -0.39 is 0 Å². The molecule has 0 fully saturated rings. The fraction of sp³-hybridized carbons (Fsp3) is 0.333. The molecule has 0 N–H and O–H groups in total. The summed E-state index contributed by atoms with van der Waals surface area (Å²) in [5, 5.41) is 0. The number of nitrogens with zero attached hydrogens (tertiary/aromatic N) is 1. The molecule has 0 aliphatic heterocycles. The van der Waals surface area contributed by atoms with Crippen molar-refractivity contribution in [2.75, 3.05) is 19.6 Å². The zero-order valence-electron chi connectivity index (χ0n) is 12.3. The van der Waals surface area contributed by atoms with Gasteiger partial charge in [0.2, 0.25) is 0 Å². The third-order valence-electron chi connectivity index (χ3n) is 4.34. The molecule has 100 valence electrons. The Balaban J connectivity index is 2.33. The molecule has 1 nitrogen and oxygen atoms in total. The highest BCUT2D eigenvalue weighted by molar-refractivity contribution is 5.65. The Morgan fingerprint density at radius 3 is 1.58 bits per heavy atom. The van der Waals surface area contributed by atoms with Gasteiger partial charge in [0, 0.05) is 0 Å². The van der Waals surface area contributed by atoms with Gasteiger partial charge in [0.05, 0.1) is 19.6 Å². The van der Waals surface area contributed by atoms with Crippen LogP contribution in [0.4, 0.5) is 5.69 Å². The Kier molecular flexibility index (Phi) is 4.39. The van der Waals surface area contributed by atoms with Gasteiger partial charge in [-0.3, -0.25) is 4.48 Å². The summed E-state index contributed by atoms with van der Waals surface area (Å²) in [5.74, 6) is 0. The van der Waals surface area contributed by atoms with E-state index in [1.165, 1.54) is 16.8 Å². The van der Waals surface area contributed by atoms with E-state index in [-0.39, 0.29) is 0 Å². The van der Waals surface area contributed by atoms with Gasteiger partial charge in [0.1, 0.15) is 5.69 Å². The standard InChI is InChI=1S/C18H24N/c1-4-19(5-2,6-3)18-14-12-17(13-15-18)16-10-8-7-9-11-16/h7-15H,4-6H2,1-3H3/q+1. The summed E-state index contributed by atoms with van der Waals surface area (Å²) in [6, 6.07) is 19.6. The van der Waals surface area contributed by atoms with Crippen molar-refractivity contribution in [3.63, 3.8) is 0 Å². The van der Waals surface area contributed by atoms with Crippen molar-refractivity contribution in [1.82, 2.24) is 4.48 Å². The summed E-state index contributed by atoms with van der Waals surface area (Å²) in [5.41, 5.74) is 4.01. The number of hydrogen-bond donors (Lipinski definition) is 0. The summed E-state index contributed by atoms with van der Waals surface area (Å²) in [4.78, 5) is 0. The monoisotopic (exact) mass is 254 g/mol. The minimum atomic E-state index is 1.06. The highest BCUT2D eigenvalue weighted by atomic mass is 15.3. The van der Waals surface area contributed by atoms with E-state index in [9.17, 15) is 0 Å². The van der Waals surface area contributed by atoms with Crippen LogP contribution in [-0.4, -0.2) is 19.6 Å². The summed E-state index contributed by atoms with van der Waals surface area (Å²) >= 11 is 0. The Hall–Kier alpha value is -1.60. The molecule has 0 spiro atoms. The molecule has 0 aliphatic rings. The normalized spacial score (nSPS) is 11.5. The predicted molar refractivity (Wildman–Crippen MR) is 85.3 cm³/mol. The molecule has 0 radical (unpaired) electrons. The van der Waals surface area contributed by atoms with Gasteiger partial charge in [-0.1, -0.05) is 30.3 Å². The van der Waals surface area contributed by atoms with E-state index in [2.05, 4.69) is 75.4 Å². The first-order chi connectivity index (χ1) is 9.25. The average molecular weight is 254 g/mol. The van der Waals surface area contributed by atoms with Gasteiger partial charge < -0.3 is 0 Å². The van der Waals surface area contributed by atoms with Gasteiger partial charge in [0.25, 0.3) is 0 Å². The van der Waals surface area contributed by atoms with Crippen LogP contribution >= 0.6 is 0 Å². The highest BCUT2D eigenvalue weighted by Gasteiger charge is 2.23. The van der Waals surface area contributed by atoms with E-state index in [1.54, 1.807) is 0 Å². The van der Waals surface area contributed by atoms with Gasteiger partial charge in [-0.2, -0.15) is 0 Å². The molecule has 0 unspecified atom stereocenters. The highest BCUT2D eigenvalue weighted by Crippen LogP contribution is 2.27. The first kappa shape index (κ1) is 13.8. The SMILES string of the molecule is CC[N+](CC)(CC)c1ccc(-c2ccccc2)cc1. The largest absolute Gasteiger partial charge is 0.292 e. The summed E-state index contributed by atoms with van der Waals surface area (Å²) in [7, 11) is 0. The zero-order chi connectivity index (χ0) is 13.7. The van der Waals surface area contributed by atoms with E-state index in [0.717, 1.165) is 24.1 Å². The maximum Gasteiger partial charge on any atom is 0.132 e. The second-order valence-electron chi connectivity index (χ2n) is 5.01. The summed E-state index contributed by atoms with van der Waals surface area (Å²) in [6.45, 7) is 10.3. The van der Waals surface area contributed by atoms with Crippen LogP contribution < -0.4 is 4.48 Å². The van der Waals surface area contributed by atoms with Gasteiger partial charge >= 0.3 is 0 Å². The molecule has 19 heavy (non-hydrogen) atoms. The molecule has 0 bridgehead atoms. The molecule has 2 aromatic rings. The van der Waals surface area contributed by atoms with E-state index in [1.807, 2.05) is 0 Å². The average Bonchev–Trinajstić information content (AvgIpc) is 2.51. The lowest BCUT2D eigenvalue weighted by Gasteiger charge is -2.35. The van der Waals surface area contributed by atoms with Crippen LogP contribution in [0.1, 0.15) is 20.8 Å². The van der Waals surface area contributed by atoms with Crippen LogP contribution in [0.3, 0.4) is 0 Å². The van der Waals surface area contributed by atoms with Crippen LogP contribution in [0.25, 0.3) is 11.1 Å². The maximum absolute atomic E-state index is 2.29. The van der Waals surface area contributed by atoms with Gasteiger partial charge in [-0.05, 0) is 56.2 Å². The Bertz CT molecular complexity index is 487. The minimum Gasteiger partial charge on any atom is -0.292 e. The summed E-state index contributed by atoms with van der Waals surface area (Å²) < 4.78 is 1.06. The number of quaternary nitrogens is 1. The molecule has 0 saturated heterocycles. The van der Waals surface area contributed by atoms with Crippen molar-refractivity contribution in [2.45, 2.75) is 20.8 Å². The fourth-order valence-corrected chi connectivity index (χ4v) is 2.82. The predicted octanol–water partition coefficient (Wildman–Crippen LogP) is 4.72. The lowest BCUT2D eigenvalue weighted by molar-refractivity contribution is 0.316. The molecule has 1 heteroatoms. The lowest BCUT2D eigenvalue weighted by atomic mass is 10.0. The maximum atomic E-state index is 2.29. The van der Waals surface area contributed by atoms with Gasteiger partial charge in [0.15, 0.2) is 0 Å². The number of rotatable bonds is 5. The lowest BCUT2D eigenvalue weighted by Crippen LogP contribution is -2.48. The quantitative estimate of drug-likeness (QED) is 0.677. The van der Waals surface area contributed by atoms with Gasteiger partial charge in [-0.25, -0.2) is 0 Å². The molecule has 2 rings (SSSR count). The molecule has 0 saturated carbocycles. The van der Waals surface area contributed by atoms with Crippen LogP contribution in [0.5, 0.6) is 0 Å². The van der Waals surface area contributed by atoms with E-state index >= 15 is 0 Å². The van der Waals surface area contributed by atoms with Crippen molar-refractivity contribution in [1.29, 1.82) is 0 Å². The van der Waals surface area contributed by atoms with Crippen molar-refractivity contribution < 1.29 is 0 Å². The second-order valence-corrected chi connectivity index (χ2v) is 5.01. The van der Waals surface area contributed by atoms with Crippen LogP contribution in [0, 0.1) is 0 Å². The third kappa shape index (κ3) is 2.71. The van der Waals surface area contributed by atoms with Crippen LogP contribution in [-0.2, 0) is 0 Å². The smallest absolute Gasteiger partial charge is 0.132 e. The van der Waals surface area contributed by atoms with Crippen molar-refractivity contribution in [3.8, 4) is 11.1 Å². The molecule has 0 aliphatic carbocycles. The Labute approximate surface area is 117 Å². The molecule has 0 aromatic heterocycles. The minimum absolute atomic E-state index is 1.06. The molecule has 0 atom stereocenters. The fourth-order valence-electron chi connectivity index (χ4n) is 2.82. The number of hydrogen-bond acceptors (Lipinski definition) is 0. The molecular weight excluding hydrogens is 230 g/mol. The topological polar surface area (TPSA) is 0 Å². The first-order valence-corrected chi connectivity index (χ1v) is 7.28. The van der Waals surface area contributed by atoms with E-state index in [0.29, 0.717) is 0 Å². The van der Waals surface area contributed by atoms with Gasteiger partial charge in [-0.15, -0.1) is 0 Å². The van der Waals surface area contributed by atoms with Crippen molar-refractivity contribution in [3.05, 3.63) is 54.6 Å². The molecular formula is C18H24N+.